The van der Waals surface area contributed by atoms with Gasteiger partial charge in [-0.25, -0.2) is 4.98 Å². The van der Waals surface area contributed by atoms with Crippen molar-refractivity contribution in [2.45, 2.75) is 51.0 Å². The molecule has 2 saturated heterocycles. The molecule has 2 aromatic heterocycles. The van der Waals surface area contributed by atoms with E-state index in [-0.39, 0.29) is 11.7 Å². The van der Waals surface area contributed by atoms with Crippen molar-refractivity contribution >= 4 is 11.3 Å². The molecule has 2 aromatic rings. The summed E-state index contributed by atoms with van der Waals surface area (Å²) in [5, 5.41) is 3.23. The minimum atomic E-state index is -0.0415. The minimum Gasteiger partial charge on any atom is -0.371 e. The summed E-state index contributed by atoms with van der Waals surface area (Å²) in [4.78, 5) is 11.4. The Kier molecular flexibility index (Phi) is 5.12. The maximum atomic E-state index is 6.25. The second-order valence-corrected chi connectivity index (χ2v) is 8.12. The van der Waals surface area contributed by atoms with E-state index >= 15 is 0 Å². The normalized spacial score (nSPS) is 27.2. The topological polar surface area (TPSA) is 47.5 Å². The van der Waals surface area contributed by atoms with Crippen LogP contribution >= 0.6 is 11.3 Å². The Balaban J connectivity index is 1.31. The van der Waals surface area contributed by atoms with E-state index in [4.69, 9.17) is 9.47 Å². The Morgan fingerprint density at radius 1 is 1.44 bits per heavy atom. The fraction of sp³-hybridized carbons (Fsp3) is 0.579. The highest BCUT2D eigenvalue weighted by Gasteiger charge is 2.43. The van der Waals surface area contributed by atoms with Gasteiger partial charge >= 0.3 is 0 Å². The van der Waals surface area contributed by atoms with Crippen LogP contribution in [0.25, 0.3) is 0 Å². The van der Waals surface area contributed by atoms with Gasteiger partial charge in [-0.1, -0.05) is 6.07 Å². The zero-order chi connectivity index (χ0) is 17.1. The fourth-order valence-corrected chi connectivity index (χ4v) is 4.58. The van der Waals surface area contributed by atoms with E-state index in [1.165, 1.54) is 11.4 Å². The second kappa shape index (κ2) is 7.50. The van der Waals surface area contributed by atoms with Crippen LogP contribution in [-0.2, 0) is 22.6 Å². The summed E-state index contributed by atoms with van der Waals surface area (Å²) in [7, 11) is 0. The molecule has 5 nitrogen and oxygen atoms in total. The number of thiazole rings is 1. The number of rotatable bonds is 5. The zero-order valence-corrected chi connectivity index (χ0v) is 15.5. The third-order valence-corrected chi connectivity index (χ3v) is 5.81. The molecule has 25 heavy (non-hydrogen) atoms. The summed E-state index contributed by atoms with van der Waals surface area (Å²) in [5.74, 6) is 0. The molecule has 1 spiro atoms. The molecule has 2 aliphatic rings. The van der Waals surface area contributed by atoms with E-state index in [1.54, 1.807) is 11.3 Å². The average Bonchev–Trinajstić information content (AvgIpc) is 3.24. The number of aryl methyl sites for hydroxylation is 1. The van der Waals surface area contributed by atoms with Crippen LogP contribution in [0, 0.1) is 6.92 Å². The van der Waals surface area contributed by atoms with Gasteiger partial charge in [0, 0.05) is 30.2 Å². The summed E-state index contributed by atoms with van der Waals surface area (Å²) in [5.41, 5.74) is 1.99. The lowest BCUT2D eigenvalue weighted by atomic mass is 9.89. The first-order chi connectivity index (χ1) is 12.2. The van der Waals surface area contributed by atoms with Crippen molar-refractivity contribution in [2.75, 3.05) is 19.7 Å². The van der Waals surface area contributed by atoms with Crippen molar-refractivity contribution in [3.8, 4) is 0 Å². The van der Waals surface area contributed by atoms with Crippen LogP contribution in [0.4, 0.5) is 0 Å². The number of aromatic nitrogens is 2. The minimum absolute atomic E-state index is 0.0415. The SMILES string of the molecule is Cc1cccc(CO[C@H]2CO[C@@]3(CCCN(Cc4nccs4)C3)C2)n1. The van der Waals surface area contributed by atoms with Crippen molar-refractivity contribution < 1.29 is 9.47 Å². The lowest BCUT2D eigenvalue weighted by molar-refractivity contribution is -0.0548. The van der Waals surface area contributed by atoms with Crippen LogP contribution in [0.3, 0.4) is 0 Å². The average molecular weight is 359 g/mol. The lowest BCUT2D eigenvalue weighted by Crippen LogP contribution is -2.47. The van der Waals surface area contributed by atoms with Crippen molar-refractivity contribution in [1.29, 1.82) is 0 Å². The molecular formula is C19H25N3O2S. The molecule has 2 aliphatic heterocycles. The Bertz CT molecular complexity index is 694. The summed E-state index contributed by atoms with van der Waals surface area (Å²) in [6, 6.07) is 6.07. The van der Waals surface area contributed by atoms with Gasteiger partial charge in [-0.3, -0.25) is 9.88 Å². The summed E-state index contributed by atoms with van der Waals surface area (Å²) >= 11 is 1.73. The third kappa shape index (κ3) is 4.26. The van der Waals surface area contributed by atoms with Crippen molar-refractivity contribution in [3.05, 3.63) is 46.2 Å². The first-order valence-electron chi connectivity index (χ1n) is 9.00. The second-order valence-electron chi connectivity index (χ2n) is 7.14. The number of nitrogens with zero attached hydrogens (tertiary/aromatic N) is 3. The smallest absolute Gasteiger partial charge is 0.107 e. The molecule has 4 rings (SSSR count). The van der Waals surface area contributed by atoms with Gasteiger partial charge in [0.2, 0.25) is 0 Å². The van der Waals surface area contributed by atoms with Crippen LogP contribution in [0.5, 0.6) is 0 Å². The number of likely N-dealkylation sites (tertiary alicyclic amines) is 1. The van der Waals surface area contributed by atoms with Crippen molar-refractivity contribution in [3.63, 3.8) is 0 Å². The molecule has 0 N–H and O–H groups in total. The maximum Gasteiger partial charge on any atom is 0.107 e. The lowest BCUT2D eigenvalue weighted by Gasteiger charge is -2.39. The first kappa shape index (κ1) is 17.1. The molecule has 0 aromatic carbocycles. The van der Waals surface area contributed by atoms with Gasteiger partial charge < -0.3 is 9.47 Å². The van der Waals surface area contributed by atoms with Gasteiger partial charge in [-0.2, -0.15) is 0 Å². The molecule has 2 atom stereocenters. The summed E-state index contributed by atoms with van der Waals surface area (Å²) in [6.45, 7) is 6.31. The van der Waals surface area contributed by atoms with Crippen molar-refractivity contribution in [1.82, 2.24) is 14.9 Å². The van der Waals surface area contributed by atoms with Crippen LogP contribution in [0.1, 0.15) is 35.7 Å². The van der Waals surface area contributed by atoms with Crippen LogP contribution in [-0.4, -0.2) is 46.3 Å². The Morgan fingerprint density at radius 3 is 3.24 bits per heavy atom. The van der Waals surface area contributed by atoms with E-state index in [1.807, 2.05) is 36.7 Å². The summed E-state index contributed by atoms with van der Waals surface area (Å²) in [6.07, 6.45) is 5.34. The Morgan fingerprint density at radius 2 is 2.40 bits per heavy atom. The molecule has 0 unspecified atom stereocenters. The van der Waals surface area contributed by atoms with Crippen LogP contribution in [0.15, 0.2) is 29.8 Å². The number of ether oxygens (including phenoxy) is 2. The van der Waals surface area contributed by atoms with Gasteiger partial charge in [-0.15, -0.1) is 11.3 Å². The van der Waals surface area contributed by atoms with E-state index in [2.05, 4.69) is 14.9 Å². The predicted octanol–water partition coefficient (Wildman–Crippen LogP) is 3.19. The molecule has 4 heterocycles. The monoisotopic (exact) mass is 359 g/mol. The molecule has 0 radical (unpaired) electrons. The molecule has 6 heteroatoms. The van der Waals surface area contributed by atoms with Crippen molar-refractivity contribution in [2.24, 2.45) is 0 Å². The van der Waals surface area contributed by atoms with Gasteiger partial charge in [0.1, 0.15) is 5.01 Å². The standard InChI is InChI=1S/C19H25N3O2S/c1-15-4-2-5-16(21-15)12-23-17-10-19(24-13-17)6-3-8-22(14-19)11-18-20-7-9-25-18/h2,4-5,7,9,17H,3,6,8,10-14H2,1H3/t17-,19+/m1/s1. The highest BCUT2D eigenvalue weighted by atomic mass is 32.1. The first-order valence-corrected chi connectivity index (χ1v) is 9.88. The highest BCUT2D eigenvalue weighted by molar-refractivity contribution is 7.09. The molecule has 0 saturated carbocycles. The van der Waals surface area contributed by atoms with Crippen LogP contribution < -0.4 is 0 Å². The fourth-order valence-electron chi connectivity index (χ4n) is 3.92. The van der Waals surface area contributed by atoms with E-state index in [9.17, 15) is 0 Å². The molecule has 134 valence electrons. The Hall–Kier alpha value is -1.34. The van der Waals surface area contributed by atoms with Gasteiger partial charge in [0.25, 0.3) is 0 Å². The molecule has 0 amide bonds. The number of hydrogen-bond acceptors (Lipinski definition) is 6. The third-order valence-electron chi connectivity index (χ3n) is 5.05. The molecular weight excluding hydrogens is 334 g/mol. The van der Waals surface area contributed by atoms with E-state index in [0.717, 1.165) is 43.9 Å². The molecule has 0 aliphatic carbocycles. The Labute approximate surface area is 153 Å². The van der Waals surface area contributed by atoms with Crippen LogP contribution in [0.2, 0.25) is 0 Å². The van der Waals surface area contributed by atoms with E-state index in [0.29, 0.717) is 13.2 Å². The quantitative estimate of drug-likeness (QED) is 0.820. The van der Waals surface area contributed by atoms with Gasteiger partial charge in [-0.05, 0) is 38.4 Å². The number of hydrogen-bond donors (Lipinski definition) is 0. The van der Waals surface area contributed by atoms with E-state index < -0.39 is 0 Å². The molecule has 2 fully saturated rings. The zero-order valence-electron chi connectivity index (χ0n) is 14.7. The number of piperidine rings is 1. The van der Waals surface area contributed by atoms with Gasteiger partial charge in [0.05, 0.1) is 37.2 Å². The summed E-state index contributed by atoms with van der Waals surface area (Å²) < 4.78 is 12.3. The predicted molar refractivity (Wildman–Crippen MR) is 97.5 cm³/mol. The molecule has 0 bridgehead atoms. The largest absolute Gasteiger partial charge is 0.371 e. The number of pyridine rings is 1. The maximum absolute atomic E-state index is 6.25. The van der Waals surface area contributed by atoms with Gasteiger partial charge in [0.15, 0.2) is 0 Å². The highest BCUT2D eigenvalue weighted by Crippen LogP contribution is 2.36.